The van der Waals surface area contributed by atoms with E-state index in [9.17, 15) is 18.0 Å². The zero-order chi connectivity index (χ0) is 19.2. The Bertz CT molecular complexity index is 1160. The van der Waals surface area contributed by atoms with Crippen LogP contribution in [0, 0.1) is 0 Å². The van der Waals surface area contributed by atoms with Crippen molar-refractivity contribution in [1.29, 1.82) is 0 Å². The van der Waals surface area contributed by atoms with Gasteiger partial charge < -0.3 is 9.97 Å². The molecule has 0 aliphatic carbocycles. The zero-order valence-corrected chi connectivity index (χ0v) is 14.3. The Morgan fingerprint density at radius 3 is 2.63 bits per heavy atom. The van der Waals surface area contributed by atoms with Crippen LogP contribution in [0.15, 0.2) is 54.7 Å². The number of nitrogens with zero attached hydrogens (tertiary/aromatic N) is 1. The lowest BCUT2D eigenvalue weighted by Crippen LogP contribution is -2.13. The fourth-order valence-electron chi connectivity index (χ4n) is 2.86. The van der Waals surface area contributed by atoms with Crippen molar-refractivity contribution in [1.82, 2.24) is 15.0 Å². The van der Waals surface area contributed by atoms with E-state index in [0.717, 1.165) is 6.07 Å². The van der Waals surface area contributed by atoms with Gasteiger partial charge in [-0.25, -0.2) is 4.98 Å². The molecule has 2 aromatic carbocycles. The summed E-state index contributed by atoms with van der Waals surface area (Å²) in [6.07, 6.45) is -3.24. The first-order chi connectivity index (χ1) is 12.8. The van der Waals surface area contributed by atoms with E-state index in [1.165, 1.54) is 30.5 Å². The van der Waals surface area contributed by atoms with Gasteiger partial charge in [-0.3, -0.25) is 4.79 Å². The van der Waals surface area contributed by atoms with Crippen molar-refractivity contribution in [3.05, 3.63) is 76.4 Å². The van der Waals surface area contributed by atoms with E-state index >= 15 is 0 Å². The fraction of sp³-hybridized carbons (Fsp3) is 0.0526. The van der Waals surface area contributed by atoms with Gasteiger partial charge in [0.05, 0.1) is 22.3 Å². The first kappa shape index (κ1) is 17.4. The predicted octanol–water partition coefficient (Wildman–Crippen LogP) is 5.46. The maximum atomic E-state index is 13.2. The second-order valence-electron chi connectivity index (χ2n) is 5.92. The SMILES string of the molecule is O=C(c1c[nH]c(-c2nc3ccc(Cl)cc3[nH]2)c1)c1ccccc1C(F)(F)F. The van der Waals surface area contributed by atoms with E-state index in [-0.39, 0.29) is 5.56 Å². The quantitative estimate of drug-likeness (QED) is 0.457. The second kappa shape index (κ2) is 6.28. The molecule has 0 atom stereocenters. The number of carbonyl (C=O) groups excluding carboxylic acids is 1. The summed E-state index contributed by atoms with van der Waals surface area (Å²) in [7, 11) is 0. The minimum Gasteiger partial charge on any atom is -0.358 e. The van der Waals surface area contributed by atoms with E-state index in [1.807, 2.05) is 0 Å². The van der Waals surface area contributed by atoms with Crippen LogP contribution in [-0.4, -0.2) is 20.7 Å². The normalized spacial score (nSPS) is 11.9. The van der Waals surface area contributed by atoms with Crippen LogP contribution >= 0.6 is 11.6 Å². The summed E-state index contributed by atoms with van der Waals surface area (Å²) < 4.78 is 39.5. The number of fused-ring (bicyclic) bond motifs is 1. The summed E-state index contributed by atoms with van der Waals surface area (Å²) in [5.74, 6) is -0.264. The van der Waals surface area contributed by atoms with Crippen molar-refractivity contribution in [3.8, 4) is 11.5 Å². The van der Waals surface area contributed by atoms with Crippen molar-refractivity contribution in [2.75, 3.05) is 0 Å². The molecule has 0 saturated carbocycles. The van der Waals surface area contributed by atoms with E-state index in [2.05, 4.69) is 15.0 Å². The first-order valence-electron chi connectivity index (χ1n) is 7.88. The van der Waals surface area contributed by atoms with Gasteiger partial charge in [0.1, 0.15) is 0 Å². The molecule has 0 amide bonds. The number of alkyl halides is 3. The van der Waals surface area contributed by atoms with Crippen LogP contribution in [0.1, 0.15) is 21.5 Å². The molecule has 0 aliphatic heterocycles. The molecule has 0 radical (unpaired) electrons. The number of aromatic amines is 2. The minimum absolute atomic E-state index is 0.111. The van der Waals surface area contributed by atoms with Gasteiger partial charge in [-0.05, 0) is 30.3 Å². The molecular formula is C19H11ClF3N3O. The third kappa shape index (κ3) is 3.21. The topological polar surface area (TPSA) is 61.5 Å². The largest absolute Gasteiger partial charge is 0.417 e. The molecule has 0 fully saturated rings. The minimum atomic E-state index is -4.61. The second-order valence-corrected chi connectivity index (χ2v) is 6.36. The summed E-state index contributed by atoms with van der Waals surface area (Å²) in [6.45, 7) is 0. The molecule has 4 aromatic rings. The highest BCUT2D eigenvalue weighted by molar-refractivity contribution is 6.31. The number of hydrogen-bond donors (Lipinski definition) is 2. The predicted molar refractivity (Wildman–Crippen MR) is 95.8 cm³/mol. The van der Waals surface area contributed by atoms with Crippen molar-refractivity contribution in [3.63, 3.8) is 0 Å². The highest BCUT2D eigenvalue weighted by Crippen LogP contribution is 2.33. The number of aromatic nitrogens is 3. The molecule has 2 aromatic heterocycles. The Balaban J connectivity index is 1.71. The number of ketones is 1. The third-order valence-corrected chi connectivity index (χ3v) is 4.36. The average Bonchev–Trinajstić information content (AvgIpc) is 3.26. The first-order valence-corrected chi connectivity index (χ1v) is 8.26. The van der Waals surface area contributed by atoms with Gasteiger partial charge in [0.2, 0.25) is 0 Å². The number of H-pyrrole nitrogens is 2. The summed E-state index contributed by atoms with van der Waals surface area (Å²) in [5.41, 5.74) is 0.625. The van der Waals surface area contributed by atoms with E-state index in [0.29, 0.717) is 27.6 Å². The molecule has 0 bridgehead atoms. The lowest BCUT2D eigenvalue weighted by atomic mass is 9.99. The number of nitrogens with one attached hydrogen (secondary N) is 2. The van der Waals surface area contributed by atoms with Crippen LogP contribution in [0.25, 0.3) is 22.6 Å². The number of rotatable bonds is 3. The van der Waals surface area contributed by atoms with Gasteiger partial charge in [0, 0.05) is 22.3 Å². The maximum Gasteiger partial charge on any atom is 0.417 e. The number of carbonyl (C=O) groups is 1. The van der Waals surface area contributed by atoms with Crippen molar-refractivity contribution < 1.29 is 18.0 Å². The number of benzene rings is 2. The Morgan fingerprint density at radius 2 is 1.85 bits per heavy atom. The smallest absolute Gasteiger partial charge is 0.358 e. The lowest BCUT2D eigenvalue weighted by molar-refractivity contribution is -0.137. The Kier molecular flexibility index (Phi) is 4.04. The summed E-state index contributed by atoms with van der Waals surface area (Å²) >= 11 is 5.95. The van der Waals surface area contributed by atoms with Crippen LogP contribution in [0.3, 0.4) is 0 Å². The molecule has 0 aliphatic rings. The molecule has 0 unspecified atom stereocenters. The molecule has 27 heavy (non-hydrogen) atoms. The standard InChI is InChI=1S/C19H11ClF3N3O/c20-11-5-6-14-15(8-11)26-18(25-14)16-7-10(9-24-16)17(27)12-3-1-2-4-13(12)19(21,22)23/h1-9,24H,(H,25,26). The van der Waals surface area contributed by atoms with Crippen LogP contribution in [0.5, 0.6) is 0 Å². The number of halogens is 4. The molecule has 0 spiro atoms. The van der Waals surface area contributed by atoms with Crippen LogP contribution in [0.4, 0.5) is 13.2 Å². The summed E-state index contributed by atoms with van der Waals surface area (Å²) in [5, 5.41) is 0.545. The lowest BCUT2D eigenvalue weighted by Gasteiger charge is -2.10. The van der Waals surface area contributed by atoms with E-state index in [1.54, 1.807) is 18.2 Å². The number of imidazole rings is 1. The van der Waals surface area contributed by atoms with Gasteiger partial charge in [-0.15, -0.1) is 0 Å². The fourth-order valence-corrected chi connectivity index (χ4v) is 3.03. The zero-order valence-electron chi connectivity index (χ0n) is 13.6. The molecule has 0 saturated heterocycles. The molecular weight excluding hydrogens is 379 g/mol. The van der Waals surface area contributed by atoms with Crippen molar-refractivity contribution in [2.24, 2.45) is 0 Å². The summed E-state index contributed by atoms with van der Waals surface area (Å²) in [6, 6.07) is 11.3. The maximum absolute atomic E-state index is 13.2. The van der Waals surface area contributed by atoms with Gasteiger partial charge in [-0.2, -0.15) is 13.2 Å². The Labute approximate surface area is 156 Å². The molecule has 8 heteroatoms. The van der Waals surface area contributed by atoms with Crippen molar-refractivity contribution >= 4 is 28.4 Å². The summed E-state index contributed by atoms with van der Waals surface area (Å²) in [4.78, 5) is 22.9. The highest BCUT2D eigenvalue weighted by atomic mass is 35.5. The Hall–Kier alpha value is -3.06. The average molecular weight is 390 g/mol. The number of hydrogen-bond acceptors (Lipinski definition) is 2. The van der Waals surface area contributed by atoms with Crippen LogP contribution in [-0.2, 0) is 6.18 Å². The highest BCUT2D eigenvalue weighted by Gasteiger charge is 2.35. The molecule has 4 nitrogen and oxygen atoms in total. The third-order valence-electron chi connectivity index (χ3n) is 4.12. The van der Waals surface area contributed by atoms with Crippen LogP contribution in [0.2, 0.25) is 5.02 Å². The molecule has 2 N–H and O–H groups in total. The molecule has 2 heterocycles. The van der Waals surface area contributed by atoms with Gasteiger partial charge in [0.25, 0.3) is 0 Å². The van der Waals surface area contributed by atoms with Gasteiger partial charge in [-0.1, -0.05) is 29.8 Å². The molecule has 136 valence electrons. The van der Waals surface area contributed by atoms with E-state index in [4.69, 9.17) is 11.6 Å². The Morgan fingerprint density at radius 1 is 1.07 bits per heavy atom. The van der Waals surface area contributed by atoms with Gasteiger partial charge >= 0.3 is 6.18 Å². The monoisotopic (exact) mass is 389 g/mol. The van der Waals surface area contributed by atoms with E-state index < -0.39 is 23.1 Å². The van der Waals surface area contributed by atoms with Crippen LogP contribution < -0.4 is 0 Å². The van der Waals surface area contributed by atoms with Crippen molar-refractivity contribution in [2.45, 2.75) is 6.18 Å². The molecule has 4 rings (SSSR count). The van der Waals surface area contributed by atoms with Gasteiger partial charge in [0.15, 0.2) is 11.6 Å².